The van der Waals surface area contributed by atoms with E-state index in [2.05, 4.69) is 29.8 Å². The van der Waals surface area contributed by atoms with Gasteiger partial charge in [-0.3, -0.25) is 19.2 Å². The summed E-state index contributed by atoms with van der Waals surface area (Å²) < 4.78 is 11.7. The number of nitrogens with one attached hydrogen (secondary N) is 3. The highest BCUT2D eigenvalue weighted by Gasteiger charge is 2.42. The molecule has 54 heavy (non-hydrogen) atoms. The lowest BCUT2D eigenvalue weighted by atomic mass is 9.90. The number of hydrogen-bond acceptors (Lipinski definition) is 8. The number of ether oxygens (including phenoxy) is 2. The van der Waals surface area contributed by atoms with Gasteiger partial charge >= 0.3 is 5.97 Å². The zero-order chi connectivity index (χ0) is 41.5. The maximum atomic E-state index is 13.9. The van der Waals surface area contributed by atoms with Gasteiger partial charge in [0.25, 0.3) is 0 Å². The van der Waals surface area contributed by atoms with Crippen molar-refractivity contribution >= 4 is 29.6 Å². The zero-order valence-corrected chi connectivity index (χ0v) is 35.4. The maximum Gasteiger partial charge on any atom is 0.326 e. The molecule has 4 amide bonds. The number of benzene rings is 1. The van der Waals surface area contributed by atoms with Crippen LogP contribution in [0.2, 0.25) is 0 Å². The molecule has 1 aromatic rings. The molecule has 13 heteroatoms. The van der Waals surface area contributed by atoms with E-state index in [0.29, 0.717) is 19.4 Å². The molecule has 0 spiro atoms. The van der Waals surface area contributed by atoms with Gasteiger partial charge in [0.15, 0.2) is 0 Å². The van der Waals surface area contributed by atoms with Crippen molar-refractivity contribution in [1.29, 1.82) is 0 Å². The SMILES string of the molecule is CC.CCC.CCC(C)C(C(CC(=O)N1CCCC1C(OC)C(C)C(=O)NC(Cc1ccccc1)C(=O)O)OC)N(C)C(=O)CNC(=O)C(NC)C(C)C. The van der Waals surface area contributed by atoms with Gasteiger partial charge in [0, 0.05) is 34.2 Å². The summed E-state index contributed by atoms with van der Waals surface area (Å²) in [7, 11) is 6.38. The molecule has 1 aliphatic rings. The lowest BCUT2D eigenvalue weighted by molar-refractivity contribution is -0.147. The quantitative estimate of drug-likeness (QED) is 0.149. The van der Waals surface area contributed by atoms with Crippen LogP contribution in [-0.2, 0) is 39.9 Å². The number of likely N-dealkylation sites (N-methyl/N-ethyl adjacent to an activating group) is 2. The molecule has 310 valence electrons. The molecular formula is C41H73N5O8. The molecule has 2 rings (SSSR count). The van der Waals surface area contributed by atoms with Crippen LogP contribution in [-0.4, -0.2) is 122 Å². The highest BCUT2D eigenvalue weighted by Crippen LogP contribution is 2.29. The third-order valence-electron chi connectivity index (χ3n) is 9.88. The number of carboxylic acid groups (broad SMARTS) is 1. The van der Waals surface area contributed by atoms with E-state index in [-0.39, 0.29) is 48.9 Å². The second-order valence-corrected chi connectivity index (χ2v) is 14.2. The molecule has 1 saturated heterocycles. The van der Waals surface area contributed by atoms with Crippen LogP contribution in [0.4, 0.5) is 0 Å². The first kappa shape index (κ1) is 50.5. The first-order chi connectivity index (χ1) is 25.6. The molecule has 8 unspecified atom stereocenters. The van der Waals surface area contributed by atoms with Crippen LogP contribution in [0.15, 0.2) is 30.3 Å². The van der Waals surface area contributed by atoms with E-state index < -0.39 is 54.2 Å². The molecule has 0 bridgehead atoms. The summed E-state index contributed by atoms with van der Waals surface area (Å²) in [5.74, 6) is -3.08. The van der Waals surface area contributed by atoms with Crippen LogP contribution >= 0.6 is 0 Å². The van der Waals surface area contributed by atoms with E-state index in [4.69, 9.17) is 9.47 Å². The van der Waals surface area contributed by atoms with Crippen molar-refractivity contribution in [3.05, 3.63) is 35.9 Å². The van der Waals surface area contributed by atoms with Crippen molar-refractivity contribution < 1.29 is 38.6 Å². The van der Waals surface area contributed by atoms with Crippen molar-refractivity contribution in [1.82, 2.24) is 25.8 Å². The summed E-state index contributed by atoms with van der Waals surface area (Å²) in [6.45, 7) is 18.1. The topological polar surface area (TPSA) is 167 Å². The number of nitrogens with zero attached hydrogens (tertiary/aromatic N) is 2. The number of rotatable bonds is 20. The van der Waals surface area contributed by atoms with Crippen LogP contribution in [0.3, 0.4) is 0 Å². The third-order valence-corrected chi connectivity index (χ3v) is 9.88. The minimum atomic E-state index is -1.14. The number of likely N-dealkylation sites (tertiary alicyclic amines) is 1. The summed E-state index contributed by atoms with van der Waals surface area (Å²) >= 11 is 0. The molecule has 13 nitrogen and oxygen atoms in total. The number of carbonyl (C=O) groups excluding carboxylic acids is 4. The molecule has 0 aliphatic carbocycles. The fourth-order valence-corrected chi connectivity index (χ4v) is 6.84. The lowest BCUT2D eigenvalue weighted by Crippen LogP contribution is -2.55. The molecule has 1 aliphatic heterocycles. The Morgan fingerprint density at radius 2 is 1.56 bits per heavy atom. The highest BCUT2D eigenvalue weighted by molar-refractivity contribution is 5.88. The largest absolute Gasteiger partial charge is 0.480 e. The van der Waals surface area contributed by atoms with Gasteiger partial charge < -0.3 is 40.3 Å². The first-order valence-corrected chi connectivity index (χ1v) is 19.8. The Morgan fingerprint density at radius 3 is 2.04 bits per heavy atom. The Hall–Kier alpha value is -3.55. The first-order valence-electron chi connectivity index (χ1n) is 19.8. The predicted octanol–water partition coefficient (Wildman–Crippen LogP) is 4.52. The predicted molar refractivity (Wildman–Crippen MR) is 214 cm³/mol. The summed E-state index contributed by atoms with van der Waals surface area (Å²) in [4.78, 5) is 68.6. The molecule has 0 radical (unpaired) electrons. The fraction of sp³-hybridized carbons (Fsp3) is 0.732. The van der Waals surface area contributed by atoms with Gasteiger partial charge in [-0.1, -0.05) is 105 Å². The van der Waals surface area contributed by atoms with Crippen molar-refractivity contribution in [2.24, 2.45) is 17.8 Å². The average molecular weight is 764 g/mol. The Bertz CT molecular complexity index is 1250. The smallest absolute Gasteiger partial charge is 0.326 e. The number of amides is 4. The Kier molecular flexibility index (Phi) is 25.3. The van der Waals surface area contributed by atoms with Gasteiger partial charge in [-0.2, -0.15) is 0 Å². The second kappa shape index (κ2) is 27.1. The molecule has 0 saturated carbocycles. The van der Waals surface area contributed by atoms with Crippen molar-refractivity contribution in [2.45, 2.75) is 137 Å². The van der Waals surface area contributed by atoms with E-state index >= 15 is 0 Å². The number of methoxy groups -OCH3 is 2. The fourth-order valence-electron chi connectivity index (χ4n) is 6.84. The number of carbonyl (C=O) groups is 5. The molecule has 4 N–H and O–H groups in total. The van der Waals surface area contributed by atoms with Crippen molar-refractivity contribution in [2.75, 3.05) is 41.4 Å². The number of carboxylic acids is 1. The van der Waals surface area contributed by atoms with Gasteiger partial charge in [-0.15, -0.1) is 0 Å². The van der Waals surface area contributed by atoms with Crippen molar-refractivity contribution in [3.63, 3.8) is 0 Å². The van der Waals surface area contributed by atoms with Gasteiger partial charge in [-0.25, -0.2) is 4.79 Å². The Balaban J connectivity index is 0.00000533. The normalized spacial score (nSPS) is 17.6. The summed E-state index contributed by atoms with van der Waals surface area (Å²) in [5.41, 5.74) is 0.785. The minimum absolute atomic E-state index is 0.00363. The van der Waals surface area contributed by atoms with E-state index in [1.54, 1.807) is 30.8 Å². The summed E-state index contributed by atoms with van der Waals surface area (Å²) in [6, 6.07) is 6.67. The number of hydrogen-bond donors (Lipinski definition) is 4. The lowest BCUT2D eigenvalue weighted by Gasteiger charge is -2.39. The molecule has 8 atom stereocenters. The maximum absolute atomic E-state index is 13.9. The van der Waals surface area contributed by atoms with Crippen LogP contribution in [0.25, 0.3) is 0 Å². The van der Waals surface area contributed by atoms with Crippen LogP contribution in [0.5, 0.6) is 0 Å². The molecule has 1 fully saturated rings. The second-order valence-electron chi connectivity index (χ2n) is 14.2. The highest BCUT2D eigenvalue weighted by atomic mass is 16.5. The third kappa shape index (κ3) is 15.7. The molecule has 1 heterocycles. The molecule has 1 aromatic carbocycles. The van der Waals surface area contributed by atoms with Gasteiger partial charge in [0.1, 0.15) is 6.04 Å². The van der Waals surface area contributed by atoms with E-state index in [1.165, 1.54) is 20.6 Å². The molecule has 0 aromatic heterocycles. The van der Waals surface area contributed by atoms with Crippen LogP contribution in [0.1, 0.15) is 100.0 Å². The van der Waals surface area contributed by atoms with Gasteiger partial charge in [-0.05, 0) is 37.3 Å². The zero-order valence-electron chi connectivity index (χ0n) is 35.4. The monoisotopic (exact) mass is 764 g/mol. The molecular weight excluding hydrogens is 690 g/mol. The Labute approximate surface area is 325 Å². The van der Waals surface area contributed by atoms with Gasteiger partial charge in [0.05, 0.1) is 49.2 Å². The summed E-state index contributed by atoms with van der Waals surface area (Å²) in [6.07, 6.45) is 2.12. The summed E-state index contributed by atoms with van der Waals surface area (Å²) in [5, 5.41) is 18.2. The van der Waals surface area contributed by atoms with E-state index in [0.717, 1.165) is 12.0 Å². The van der Waals surface area contributed by atoms with Crippen LogP contribution in [0, 0.1) is 17.8 Å². The standard InChI is InChI=1S/C36H59N5O8.C3H8.C2H6/c1-10-23(4)32(40(7)30(43)21-38-35(45)31(37-6)22(2)3)28(48-8)20-29(42)41-18-14-17-27(41)33(49-9)24(5)34(44)39-26(36(46)47)19-25-15-12-11-13-16-25;1-3-2;1-2/h11-13,15-16,22-24,26-28,31-33,37H,10,14,17-21H2,1-9H3,(H,38,45)(H,39,44)(H,46,47);3H2,1-2H3;1-2H3. The minimum Gasteiger partial charge on any atom is -0.480 e. The van der Waals surface area contributed by atoms with Crippen molar-refractivity contribution in [3.8, 4) is 0 Å². The average Bonchev–Trinajstić information content (AvgIpc) is 3.64. The van der Waals surface area contributed by atoms with Gasteiger partial charge in [0.2, 0.25) is 23.6 Å². The number of aliphatic carboxylic acids is 1. The van der Waals surface area contributed by atoms with Crippen LogP contribution < -0.4 is 16.0 Å². The van der Waals surface area contributed by atoms with E-state index in [9.17, 15) is 29.1 Å². The Morgan fingerprint density at radius 1 is 0.963 bits per heavy atom. The van der Waals surface area contributed by atoms with E-state index in [1.807, 2.05) is 71.9 Å².